The molecule has 0 radical (unpaired) electrons. The normalized spacial score (nSPS) is 13.3. The van der Waals surface area contributed by atoms with E-state index in [0.29, 0.717) is 24.6 Å². The first-order valence-electron chi connectivity index (χ1n) is 10.6. The van der Waals surface area contributed by atoms with E-state index in [4.69, 9.17) is 5.73 Å². The predicted molar refractivity (Wildman–Crippen MR) is 123 cm³/mol. The van der Waals surface area contributed by atoms with Crippen LogP contribution in [0.1, 0.15) is 43.9 Å². The number of ketones is 1. The third-order valence-electron chi connectivity index (χ3n) is 5.31. The molecular weight excluding hydrogens is 374 g/mol. The van der Waals surface area contributed by atoms with E-state index >= 15 is 0 Å². The van der Waals surface area contributed by atoms with Gasteiger partial charge in [-0.3, -0.25) is 14.5 Å². The van der Waals surface area contributed by atoms with E-state index in [1.54, 1.807) is 0 Å². The molecule has 0 aliphatic rings. The van der Waals surface area contributed by atoms with Crippen LogP contribution in [0.2, 0.25) is 0 Å². The van der Waals surface area contributed by atoms with Gasteiger partial charge >= 0.3 is 0 Å². The van der Waals surface area contributed by atoms with Crippen LogP contribution in [0.3, 0.4) is 0 Å². The summed E-state index contributed by atoms with van der Waals surface area (Å²) in [6.07, 6.45) is 1.18. The van der Waals surface area contributed by atoms with Crippen molar-refractivity contribution in [3.05, 3.63) is 65.2 Å². The average molecular weight is 410 g/mol. The van der Waals surface area contributed by atoms with Crippen molar-refractivity contribution < 1.29 is 9.59 Å². The van der Waals surface area contributed by atoms with Crippen molar-refractivity contribution in [1.29, 1.82) is 0 Å². The van der Waals surface area contributed by atoms with Crippen LogP contribution in [0.4, 0.5) is 5.69 Å². The Morgan fingerprint density at radius 1 is 1.00 bits per heavy atom. The molecule has 0 heterocycles. The summed E-state index contributed by atoms with van der Waals surface area (Å²) in [6.45, 7) is 8.47. The van der Waals surface area contributed by atoms with Crippen molar-refractivity contribution in [1.82, 2.24) is 10.2 Å². The second-order valence-corrected chi connectivity index (χ2v) is 8.66. The summed E-state index contributed by atoms with van der Waals surface area (Å²) >= 11 is 0. The zero-order valence-electron chi connectivity index (χ0n) is 18.8. The Hall–Kier alpha value is -2.66. The van der Waals surface area contributed by atoms with Crippen LogP contribution in [-0.4, -0.2) is 35.7 Å². The van der Waals surface area contributed by atoms with Gasteiger partial charge in [-0.15, -0.1) is 0 Å². The fraction of sp³-hybridized carbons (Fsp3) is 0.440. The second-order valence-electron chi connectivity index (χ2n) is 8.66. The highest BCUT2D eigenvalue weighted by molar-refractivity contribution is 5.89. The summed E-state index contributed by atoms with van der Waals surface area (Å²) in [5.74, 6) is 0.202. The van der Waals surface area contributed by atoms with E-state index in [1.165, 1.54) is 12.5 Å². The number of nitrogens with one attached hydrogen (secondary N) is 1. The molecule has 5 nitrogen and oxygen atoms in total. The number of benzene rings is 2. The average Bonchev–Trinajstić information content (AvgIpc) is 2.68. The Morgan fingerprint density at radius 2 is 1.57 bits per heavy atom. The molecule has 2 aromatic carbocycles. The molecular formula is C25H35N3O2. The fourth-order valence-electron chi connectivity index (χ4n) is 3.48. The molecule has 0 aliphatic carbocycles. The number of anilines is 1. The van der Waals surface area contributed by atoms with Crippen LogP contribution in [0.5, 0.6) is 0 Å². The molecule has 0 spiro atoms. The van der Waals surface area contributed by atoms with Crippen molar-refractivity contribution in [2.75, 3.05) is 12.8 Å². The maximum atomic E-state index is 13.2. The molecule has 3 N–H and O–H groups in total. The van der Waals surface area contributed by atoms with Gasteiger partial charge in [-0.1, -0.05) is 55.8 Å². The molecule has 0 saturated carbocycles. The molecule has 2 rings (SSSR count). The van der Waals surface area contributed by atoms with Crippen LogP contribution < -0.4 is 11.1 Å². The molecule has 0 aliphatic heterocycles. The number of nitrogens with two attached hydrogens (primary N) is 1. The van der Waals surface area contributed by atoms with E-state index in [2.05, 4.69) is 55.3 Å². The quantitative estimate of drug-likeness (QED) is 0.586. The largest absolute Gasteiger partial charge is 0.399 e. The van der Waals surface area contributed by atoms with Crippen molar-refractivity contribution in [2.24, 2.45) is 5.92 Å². The van der Waals surface area contributed by atoms with Crippen LogP contribution in [0, 0.1) is 12.8 Å². The minimum atomic E-state index is -0.552. The number of nitrogen functional groups attached to an aromatic ring is 1. The molecule has 5 heteroatoms. The number of carbonyl (C=O) groups excluding carboxylic acids is 2. The molecule has 162 valence electrons. The zero-order valence-corrected chi connectivity index (χ0v) is 18.8. The number of hydrogen-bond donors (Lipinski definition) is 2. The molecule has 0 aromatic heterocycles. The van der Waals surface area contributed by atoms with E-state index in [1.807, 2.05) is 31.3 Å². The molecule has 2 atom stereocenters. The summed E-state index contributed by atoms with van der Waals surface area (Å²) in [4.78, 5) is 27.5. The molecule has 0 saturated heterocycles. The topological polar surface area (TPSA) is 75.4 Å². The standard InChI is InChI=1S/C25H35N3O2/c1-17(2)14-24(28(5)16-21-8-6-18(3)7-9-21)25(30)27-23(19(4)29)15-20-10-12-22(26)13-11-20/h6-13,17,23-24H,14-16,26H2,1-5H3,(H,27,30)/t23?,24-/m0/s1. The highest BCUT2D eigenvalue weighted by Crippen LogP contribution is 2.16. The highest BCUT2D eigenvalue weighted by Gasteiger charge is 2.27. The lowest BCUT2D eigenvalue weighted by Gasteiger charge is -2.30. The van der Waals surface area contributed by atoms with Gasteiger partial charge in [-0.25, -0.2) is 0 Å². The minimum Gasteiger partial charge on any atom is -0.399 e. The monoisotopic (exact) mass is 409 g/mol. The summed E-state index contributed by atoms with van der Waals surface area (Å²) < 4.78 is 0. The molecule has 1 unspecified atom stereocenters. The smallest absolute Gasteiger partial charge is 0.237 e. The number of aryl methyl sites for hydroxylation is 1. The van der Waals surface area contributed by atoms with Crippen LogP contribution >= 0.6 is 0 Å². The first-order chi connectivity index (χ1) is 14.2. The van der Waals surface area contributed by atoms with E-state index in [9.17, 15) is 9.59 Å². The molecule has 0 bridgehead atoms. The highest BCUT2D eigenvalue weighted by atomic mass is 16.2. The lowest BCUT2D eigenvalue weighted by Crippen LogP contribution is -2.51. The Labute approximate surface area is 180 Å². The van der Waals surface area contributed by atoms with Gasteiger partial charge in [0.15, 0.2) is 5.78 Å². The van der Waals surface area contributed by atoms with E-state index < -0.39 is 6.04 Å². The molecule has 0 fully saturated rings. The first-order valence-corrected chi connectivity index (χ1v) is 10.6. The maximum Gasteiger partial charge on any atom is 0.237 e. The predicted octanol–water partition coefficient (Wildman–Crippen LogP) is 3.74. The Morgan fingerprint density at radius 3 is 2.10 bits per heavy atom. The Balaban J connectivity index is 2.11. The molecule has 30 heavy (non-hydrogen) atoms. The lowest BCUT2D eigenvalue weighted by molar-refractivity contribution is -0.130. The van der Waals surface area contributed by atoms with Gasteiger partial charge < -0.3 is 11.1 Å². The summed E-state index contributed by atoms with van der Waals surface area (Å²) in [6, 6.07) is 14.9. The Kier molecular flexibility index (Phi) is 8.60. The number of Topliss-reactive ketones (excluding diaryl/α,β-unsaturated/α-hetero) is 1. The first kappa shape index (κ1) is 23.6. The Bertz CT molecular complexity index is 828. The number of carbonyl (C=O) groups is 2. The number of likely N-dealkylation sites (N-methyl/N-ethyl adjacent to an activating group) is 1. The molecule has 1 amide bonds. The lowest BCUT2D eigenvalue weighted by atomic mass is 9.99. The van der Waals surface area contributed by atoms with Crippen LogP contribution in [-0.2, 0) is 22.6 Å². The van der Waals surface area contributed by atoms with Crippen molar-refractivity contribution in [3.63, 3.8) is 0 Å². The summed E-state index contributed by atoms with van der Waals surface area (Å²) in [5, 5.41) is 3.00. The van der Waals surface area contributed by atoms with Gasteiger partial charge in [0.05, 0.1) is 12.1 Å². The second kappa shape index (κ2) is 10.9. The molecule has 2 aromatic rings. The maximum absolute atomic E-state index is 13.2. The minimum absolute atomic E-state index is 0.0512. The van der Waals surface area contributed by atoms with E-state index in [-0.39, 0.29) is 17.7 Å². The van der Waals surface area contributed by atoms with Crippen molar-refractivity contribution in [3.8, 4) is 0 Å². The summed E-state index contributed by atoms with van der Waals surface area (Å²) in [7, 11) is 1.97. The van der Waals surface area contributed by atoms with Gasteiger partial charge in [-0.2, -0.15) is 0 Å². The van der Waals surface area contributed by atoms with Gasteiger partial charge in [0.25, 0.3) is 0 Å². The van der Waals surface area contributed by atoms with Gasteiger partial charge in [-0.05, 0) is 62.9 Å². The van der Waals surface area contributed by atoms with Crippen molar-refractivity contribution in [2.45, 2.75) is 59.2 Å². The number of nitrogens with zero attached hydrogens (tertiary/aromatic N) is 1. The fourth-order valence-corrected chi connectivity index (χ4v) is 3.48. The van der Waals surface area contributed by atoms with Crippen molar-refractivity contribution >= 4 is 17.4 Å². The third-order valence-corrected chi connectivity index (χ3v) is 5.31. The van der Waals surface area contributed by atoms with Gasteiger partial charge in [0, 0.05) is 12.2 Å². The number of amides is 1. The van der Waals surface area contributed by atoms with Gasteiger partial charge in [0.1, 0.15) is 0 Å². The van der Waals surface area contributed by atoms with E-state index in [0.717, 1.165) is 17.5 Å². The van der Waals surface area contributed by atoms with Gasteiger partial charge in [0.2, 0.25) is 5.91 Å². The number of hydrogen-bond acceptors (Lipinski definition) is 4. The summed E-state index contributed by atoms with van der Waals surface area (Å²) in [5.41, 5.74) is 9.77. The SMILES string of the molecule is CC(=O)C(Cc1ccc(N)cc1)NC(=O)[C@H](CC(C)C)N(C)Cc1ccc(C)cc1. The number of rotatable bonds is 10. The zero-order chi connectivity index (χ0) is 22.3. The van der Waals surface area contributed by atoms with Crippen LogP contribution in [0.25, 0.3) is 0 Å². The van der Waals surface area contributed by atoms with Crippen LogP contribution in [0.15, 0.2) is 48.5 Å². The third kappa shape index (κ3) is 7.30.